The molecule has 0 aromatic heterocycles. The number of quaternary nitrogens is 1. The SMILES string of the molecule is CCCCCCOC[N+](C)(CCO)CCO.[Cl-]. The predicted molar refractivity (Wildman–Crippen MR) is 65.1 cm³/mol. The van der Waals surface area contributed by atoms with Crippen LogP contribution in [-0.2, 0) is 4.74 Å². The van der Waals surface area contributed by atoms with Crippen molar-refractivity contribution in [1.29, 1.82) is 0 Å². The highest BCUT2D eigenvalue weighted by molar-refractivity contribution is 4.39. The third-order valence-electron chi connectivity index (χ3n) is 2.82. The first-order chi connectivity index (χ1) is 7.68. The van der Waals surface area contributed by atoms with Crippen LogP contribution in [0.2, 0.25) is 0 Å². The van der Waals surface area contributed by atoms with Gasteiger partial charge in [0.2, 0.25) is 0 Å². The normalized spacial score (nSPS) is 11.3. The second-order valence-corrected chi connectivity index (χ2v) is 4.61. The van der Waals surface area contributed by atoms with Crippen LogP contribution in [0.3, 0.4) is 0 Å². The van der Waals surface area contributed by atoms with E-state index in [4.69, 9.17) is 14.9 Å². The molecular formula is C12H28ClNO3. The minimum Gasteiger partial charge on any atom is -1.00 e. The van der Waals surface area contributed by atoms with Gasteiger partial charge in [-0.25, -0.2) is 0 Å². The molecule has 106 valence electrons. The van der Waals surface area contributed by atoms with Gasteiger partial charge in [-0.3, -0.25) is 4.48 Å². The molecule has 0 aliphatic rings. The molecule has 0 aromatic carbocycles. The first kappa shape index (κ1) is 19.5. The van der Waals surface area contributed by atoms with Crippen molar-refractivity contribution >= 4 is 0 Å². The number of nitrogens with zero attached hydrogens (tertiary/aromatic N) is 1. The summed E-state index contributed by atoms with van der Waals surface area (Å²) < 4.78 is 6.18. The van der Waals surface area contributed by atoms with E-state index in [1.54, 1.807) is 0 Å². The largest absolute Gasteiger partial charge is 1.00 e. The molecule has 0 fully saturated rings. The van der Waals surface area contributed by atoms with Crippen molar-refractivity contribution in [3.05, 3.63) is 0 Å². The molecule has 0 spiro atoms. The van der Waals surface area contributed by atoms with Crippen LogP contribution in [0, 0.1) is 0 Å². The Hall–Kier alpha value is 0.130. The molecule has 0 saturated heterocycles. The number of ether oxygens (including phenoxy) is 1. The van der Waals surface area contributed by atoms with Crippen LogP contribution in [0.15, 0.2) is 0 Å². The quantitative estimate of drug-likeness (QED) is 0.259. The molecule has 0 atom stereocenters. The summed E-state index contributed by atoms with van der Waals surface area (Å²) >= 11 is 0. The standard InChI is InChI=1S/C12H28NO3.ClH/c1-3-4-5-6-11-16-12-13(2,7-9-14)8-10-15;/h14-15H,3-12H2,1-2H3;1H/q+1;/p-1. The number of hydrogen-bond donors (Lipinski definition) is 2. The van der Waals surface area contributed by atoms with Gasteiger partial charge in [-0.15, -0.1) is 0 Å². The Balaban J connectivity index is 0. The van der Waals surface area contributed by atoms with Crippen molar-refractivity contribution in [3.8, 4) is 0 Å². The van der Waals surface area contributed by atoms with E-state index in [1.807, 2.05) is 7.05 Å². The molecule has 5 heteroatoms. The van der Waals surface area contributed by atoms with E-state index in [0.29, 0.717) is 24.3 Å². The molecule has 0 aromatic rings. The summed E-state index contributed by atoms with van der Waals surface area (Å²) in [5.41, 5.74) is 0. The Morgan fingerprint density at radius 1 is 1.00 bits per heavy atom. The lowest BCUT2D eigenvalue weighted by atomic mass is 10.2. The highest BCUT2D eigenvalue weighted by atomic mass is 35.5. The molecule has 4 nitrogen and oxygen atoms in total. The molecule has 0 unspecified atom stereocenters. The smallest absolute Gasteiger partial charge is 0.183 e. The Bertz CT molecular complexity index is 153. The van der Waals surface area contributed by atoms with E-state index in [-0.39, 0.29) is 25.6 Å². The first-order valence-electron chi connectivity index (χ1n) is 6.31. The first-order valence-corrected chi connectivity index (χ1v) is 6.31. The van der Waals surface area contributed by atoms with Gasteiger partial charge in [-0.1, -0.05) is 26.2 Å². The maximum absolute atomic E-state index is 8.95. The summed E-state index contributed by atoms with van der Waals surface area (Å²) in [4.78, 5) is 0. The Kier molecular flexibility index (Phi) is 14.4. The van der Waals surface area contributed by atoms with E-state index in [9.17, 15) is 0 Å². The number of aliphatic hydroxyl groups excluding tert-OH is 2. The zero-order chi connectivity index (χ0) is 12.3. The third-order valence-corrected chi connectivity index (χ3v) is 2.82. The fourth-order valence-electron chi connectivity index (χ4n) is 1.64. The van der Waals surface area contributed by atoms with Crippen molar-refractivity contribution < 1.29 is 31.8 Å². The number of aliphatic hydroxyl groups is 2. The average Bonchev–Trinajstić information content (AvgIpc) is 2.24. The summed E-state index contributed by atoms with van der Waals surface area (Å²) in [7, 11) is 2.00. The zero-order valence-corrected chi connectivity index (χ0v) is 12.0. The third kappa shape index (κ3) is 11.0. The van der Waals surface area contributed by atoms with Crippen molar-refractivity contribution in [1.82, 2.24) is 0 Å². The van der Waals surface area contributed by atoms with Crippen LogP contribution >= 0.6 is 0 Å². The minimum absolute atomic E-state index is 0. The molecule has 0 amide bonds. The van der Waals surface area contributed by atoms with Crippen LogP contribution < -0.4 is 12.4 Å². The van der Waals surface area contributed by atoms with E-state index >= 15 is 0 Å². The summed E-state index contributed by atoms with van der Waals surface area (Å²) in [6.45, 7) is 5.09. The Labute approximate surface area is 112 Å². The van der Waals surface area contributed by atoms with E-state index in [1.165, 1.54) is 19.3 Å². The van der Waals surface area contributed by atoms with Gasteiger partial charge in [0.05, 0.1) is 26.9 Å². The van der Waals surface area contributed by atoms with Crippen LogP contribution in [0.5, 0.6) is 0 Å². The second-order valence-electron chi connectivity index (χ2n) is 4.61. The number of likely N-dealkylation sites (N-methyl/N-ethyl adjacent to an activating group) is 1. The Morgan fingerprint density at radius 2 is 1.59 bits per heavy atom. The number of rotatable bonds is 11. The van der Waals surface area contributed by atoms with Gasteiger partial charge < -0.3 is 27.4 Å². The molecule has 0 heterocycles. The lowest BCUT2D eigenvalue weighted by Crippen LogP contribution is -3.00. The van der Waals surface area contributed by atoms with E-state index < -0.39 is 0 Å². The van der Waals surface area contributed by atoms with E-state index in [0.717, 1.165) is 13.0 Å². The number of unbranched alkanes of at least 4 members (excludes halogenated alkanes) is 3. The highest BCUT2D eigenvalue weighted by Crippen LogP contribution is 2.04. The monoisotopic (exact) mass is 269 g/mol. The van der Waals surface area contributed by atoms with Gasteiger partial charge in [0.25, 0.3) is 0 Å². The maximum Gasteiger partial charge on any atom is 0.183 e. The summed E-state index contributed by atoms with van der Waals surface area (Å²) in [6.07, 6.45) is 4.83. The fourth-order valence-corrected chi connectivity index (χ4v) is 1.64. The maximum atomic E-state index is 8.95. The van der Waals surface area contributed by atoms with Crippen LogP contribution in [0.4, 0.5) is 0 Å². The molecule has 0 radical (unpaired) electrons. The van der Waals surface area contributed by atoms with Crippen molar-refractivity contribution in [2.75, 3.05) is 46.7 Å². The molecule has 2 N–H and O–H groups in total. The molecule has 0 saturated carbocycles. The molecule has 0 aliphatic carbocycles. The topological polar surface area (TPSA) is 49.7 Å². The van der Waals surface area contributed by atoms with Gasteiger partial charge >= 0.3 is 0 Å². The summed E-state index contributed by atoms with van der Waals surface area (Å²) in [5, 5.41) is 17.9. The summed E-state index contributed by atoms with van der Waals surface area (Å²) in [5.74, 6) is 0. The minimum atomic E-state index is 0. The van der Waals surface area contributed by atoms with Crippen molar-refractivity contribution in [2.24, 2.45) is 0 Å². The predicted octanol–water partition coefficient (Wildman–Crippen LogP) is -2.02. The Morgan fingerprint density at radius 3 is 2.06 bits per heavy atom. The number of halogens is 1. The number of hydrogen-bond acceptors (Lipinski definition) is 3. The second kappa shape index (κ2) is 12.6. The average molecular weight is 270 g/mol. The molecular weight excluding hydrogens is 242 g/mol. The van der Waals surface area contributed by atoms with Gasteiger partial charge in [0.1, 0.15) is 13.1 Å². The molecule has 0 aliphatic heterocycles. The van der Waals surface area contributed by atoms with Crippen LogP contribution in [0.1, 0.15) is 32.6 Å². The fraction of sp³-hybridized carbons (Fsp3) is 1.00. The van der Waals surface area contributed by atoms with Gasteiger partial charge in [0, 0.05) is 0 Å². The molecule has 0 rings (SSSR count). The van der Waals surface area contributed by atoms with Crippen LogP contribution in [0.25, 0.3) is 0 Å². The molecule has 0 bridgehead atoms. The highest BCUT2D eigenvalue weighted by Gasteiger charge is 2.19. The van der Waals surface area contributed by atoms with Gasteiger partial charge in [-0.05, 0) is 6.42 Å². The zero-order valence-electron chi connectivity index (χ0n) is 11.2. The van der Waals surface area contributed by atoms with E-state index in [2.05, 4.69) is 6.92 Å². The lowest BCUT2D eigenvalue weighted by Gasteiger charge is -2.32. The van der Waals surface area contributed by atoms with Gasteiger partial charge in [-0.2, -0.15) is 0 Å². The van der Waals surface area contributed by atoms with Gasteiger partial charge in [0.15, 0.2) is 6.73 Å². The summed E-state index contributed by atoms with van der Waals surface area (Å²) in [6, 6.07) is 0. The molecule has 17 heavy (non-hydrogen) atoms. The van der Waals surface area contributed by atoms with Crippen molar-refractivity contribution in [3.63, 3.8) is 0 Å². The van der Waals surface area contributed by atoms with Crippen molar-refractivity contribution in [2.45, 2.75) is 32.6 Å². The lowest BCUT2D eigenvalue weighted by molar-refractivity contribution is -0.928. The van der Waals surface area contributed by atoms with Crippen LogP contribution in [-0.4, -0.2) is 61.4 Å².